The molecule has 2 aromatic rings. The van der Waals surface area contributed by atoms with Gasteiger partial charge < -0.3 is 9.73 Å². The summed E-state index contributed by atoms with van der Waals surface area (Å²) in [6.45, 7) is 0.616. The molecule has 2 heterocycles. The van der Waals surface area contributed by atoms with Crippen molar-refractivity contribution in [1.82, 2.24) is 20.3 Å². The zero-order valence-electron chi connectivity index (χ0n) is 12.0. The third kappa shape index (κ3) is 2.73. The summed E-state index contributed by atoms with van der Waals surface area (Å²) in [5, 5.41) is 4.26. The molecule has 0 radical (unpaired) electrons. The molecule has 1 aromatic heterocycles. The Morgan fingerprint density at radius 1 is 1.41 bits per heavy atom. The molecule has 8 heteroatoms. The van der Waals surface area contributed by atoms with E-state index in [0.717, 1.165) is 0 Å². The summed E-state index contributed by atoms with van der Waals surface area (Å²) >= 11 is 0. The van der Waals surface area contributed by atoms with Crippen molar-refractivity contribution in [1.29, 1.82) is 0 Å². The molecule has 8 nitrogen and oxygen atoms in total. The summed E-state index contributed by atoms with van der Waals surface area (Å²) in [4.78, 5) is 35.3. The van der Waals surface area contributed by atoms with Gasteiger partial charge in [0, 0.05) is 26.6 Å². The van der Waals surface area contributed by atoms with E-state index in [1.807, 2.05) is 0 Å². The number of oxazole rings is 1. The van der Waals surface area contributed by atoms with Crippen LogP contribution >= 0.6 is 0 Å². The Morgan fingerprint density at radius 2 is 2.18 bits per heavy atom. The van der Waals surface area contributed by atoms with E-state index in [4.69, 9.17) is 4.42 Å². The number of carbonyl (C=O) groups excluding carboxylic acids is 2. The predicted molar refractivity (Wildman–Crippen MR) is 77.8 cm³/mol. The van der Waals surface area contributed by atoms with Crippen LogP contribution in [0.3, 0.4) is 0 Å². The predicted octanol–water partition coefficient (Wildman–Crippen LogP) is -0.554. The molecule has 1 aliphatic rings. The Kier molecular flexibility index (Phi) is 3.68. The van der Waals surface area contributed by atoms with Crippen molar-refractivity contribution >= 4 is 22.9 Å². The van der Waals surface area contributed by atoms with Crippen LogP contribution in [0.4, 0.5) is 0 Å². The fourth-order valence-electron chi connectivity index (χ4n) is 2.49. The minimum atomic E-state index is -0.560. The van der Waals surface area contributed by atoms with Crippen molar-refractivity contribution in [3.8, 4) is 0 Å². The highest BCUT2D eigenvalue weighted by atomic mass is 16.4. The lowest BCUT2D eigenvalue weighted by Crippen LogP contribution is -2.42. The first-order chi connectivity index (χ1) is 10.5. The van der Waals surface area contributed by atoms with Crippen molar-refractivity contribution in [3.63, 3.8) is 0 Å². The van der Waals surface area contributed by atoms with Crippen LogP contribution in [0.25, 0.3) is 11.1 Å². The monoisotopic (exact) mass is 304 g/mol. The van der Waals surface area contributed by atoms with Gasteiger partial charge in [0.05, 0.1) is 5.52 Å². The average Bonchev–Trinajstić information content (AvgIpc) is 2.95. The number of nitrogens with one attached hydrogen (secondary N) is 2. The topological polar surface area (TPSA) is 96.6 Å². The molecule has 2 amide bonds. The highest BCUT2D eigenvalue weighted by Gasteiger charge is 2.29. The van der Waals surface area contributed by atoms with E-state index in [9.17, 15) is 14.4 Å². The van der Waals surface area contributed by atoms with Gasteiger partial charge in [0.15, 0.2) is 5.58 Å². The average molecular weight is 304 g/mol. The molecule has 3 rings (SSSR count). The molecule has 1 saturated heterocycles. The van der Waals surface area contributed by atoms with Crippen LogP contribution in [0, 0.1) is 0 Å². The Labute approximate surface area is 125 Å². The minimum absolute atomic E-state index is 0.0942. The van der Waals surface area contributed by atoms with Crippen molar-refractivity contribution in [2.75, 3.05) is 13.6 Å². The number of nitrogens with zero attached hydrogens (tertiary/aromatic N) is 2. The van der Waals surface area contributed by atoms with Gasteiger partial charge in [-0.1, -0.05) is 12.1 Å². The first-order valence-electron chi connectivity index (χ1n) is 6.94. The standard InChI is InChI=1S/C14H16N4O4/c1-17-8-9(13(20)16-17)15-12(19)6-7-18-10-4-2-3-5-11(10)22-14(18)21/h2-5,9H,6-8H2,1H3,(H,15,19)(H,16,20). The summed E-state index contributed by atoms with van der Waals surface area (Å²) in [5.74, 6) is -1.01. The number of likely N-dealkylation sites (N-methyl/N-ethyl adjacent to an activating group) is 1. The molecule has 1 unspecified atom stereocenters. The van der Waals surface area contributed by atoms with Gasteiger partial charge in [-0.2, -0.15) is 0 Å². The van der Waals surface area contributed by atoms with Crippen LogP contribution in [-0.4, -0.2) is 41.0 Å². The molecule has 22 heavy (non-hydrogen) atoms. The molecule has 0 aliphatic carbocycles. The summed E-state index contributed by atoms with van der Waals surface area (Å²) in [6.07, 6.45) is 0.0942. The number of hydrazine groups is 1. The highest BCUT2D eigenvalue weighted by molar-refractivity contribution is 5.88. The molecular formula is C14H16N4O4. The maximum atomic E-state index is 11.9. The third-order valence-electron chi connectivity index (χ3n) is 3.55. The third-order valence-corrected chi connectivity index (χ3v) is 3.55. The first kappa shape index (κ1) is 14.3. The number of benzene rings is 1. The number of aromatic nitrogens is 1. The number of para-hydroxylation sites is 2. The lowest BCUT2D eigenvalue weighted by atomic mass is 10.2. The van der Waals surface area contributed by atoms with Crippen molar-refractivity contribution < 1.29 is 14.0 Å². The number of amides is 2. The molecule has 2 N–H and O–H groups in total. The van der Waals surface area contributed by atoms with E-state index in [1.54, 1.807) is 36.3 Å². The summed E-state index contributed by atoms with van der Waals surface area (Å²) in [5.41, 5.74) is 3.73. The molecule has 116 valence electrons. The second kappa shape index (κ2) is 5.64. The smallest absolute Gasteiger partial charge is 0.408 e. The van der Waals surface area contributed by atoms with E-state index < -0.39 is 11.8 Å². The highest BCUT2D eigenvalue weighted by Crippen LogP contribution is 2.12. The molecule has 0 saturated carbocycles. The normalized spacial score (nSPS) is 18.6. The fraction of sp³-hybridized carbons (Fsp3) is 0.357. The van der Waals surface area contributed by atoms with Gasteiger partial charge in [0.1, 0.15) is 6.04 Å². The number of hydrogen-bond donors (Lipinski definition) is 2. The van der Waals surface area contributed by atoms with Gasteiger partial charge in [0.2, 0.25) is 5.91 Å². The Bertz CT molecular complexity index is 778. The van der Waals surface area contributed by atoms with Crippen molar-refractivity contribution in [2.45, 2.75) is 19.0 Å². The van der Waals surface area contributed by atoms with Crippen LogP contribution in [0.15, 0.2) is 33.5 Å². The molecule has 1 fully saturated rings. The van der Waals surface area contributed by atoms with Crippen molar-refractivity contribution in [3.05, 3.63) is 34.8 Å². The molecule has 0 bridgehead atoms. The van der Waals surface area contributed by atoms with Gasteiger partial charge in [-0.25, -0.2) is 9.80 Å². The molecule has 1 aliphatic heterocycles. The largest absolute Gasteiger partial charge is 0.419 e. The van der Waals surface area contributed by atoms with Gasteiger partial charge in [-0.15, -0.1) is 0 Å². The van der Waals surface area contributed by atoms with Crippen molar-refractivity contribution in [2.24, 2.45) is 0 Å². The number of carbonyl (C=O) groups is 2. The second-order valence-corrected chi connectivity index (χ2v) is 5.21. The second-order valence-electron chi connectivity index (χ2n) is 5.21. The van der Waals surface area contributed by atoms with E-state index >= 15 is 0 Å². The fourth-order valence-corrected chi connectivity index (χ4v) is 2.49. The van der Waals surface area contributed by atoms with E-state index in [0.29, 0.717) is 17.6 Å². The van der Waals surface area contributed by atoms with Crippen LogP contribution in [0.2, 0.25) is 0 Å². The van der Waals surface area contributed by atoms with E-state index in [-0.39, 0.29) is 24.8 Å². The molecular weight excluding hydrogens is 288 g/mol. The zero-order valence-corrected chi connectivity index (χ0v) is 12.0. The lowest BCUT2D eigenvalue weighted by Gasteiger charge is -2.09. The van der Waals surface area contributed by atoms with Crippen LogP contribution < -0.4 is 16.5 Å². The van der Waals surface area contributed by atoms with Crippen LogP contribution in [0.5, 0.6) is 0 Å². The Balaban J connectivity index is 1.64. The zero-order chi connectivity index (χ0) is 15.7. The van der Waals surface area contributed by atoms with E-state index in [2.05, 4.69) is 10.7 Å². The quantitative estimate of drug-likeness (QED) is 0.790. The molecule has 1 atom stereocenters. The first-order valence-corrected chi connectivity index (χ1v) is 6.94. The summed E-state index contributed by atoms with van der Waals surface area (Å²) < 4.78 is 6.51. The summed E-state index contributed by atoms with van der Waals surface area (Å²) in [6, 6.07) is 6.48. The van der Waals surface area contributed by atoms with Gasteiger partial charge >= 0.3 is 5.76 Å². The van der Waals surface area contributed by atoms with Crippen LogP contribution in [0.1, 0.15) is 6.42 Å². The maximum Gasteiger partial charge on any atom is 0.419 e. The Hall–Kier alpha value is -2.61. The number of rotatable bonds is 4. The van der Waals surface area contributed by atoms with E-state index in [1.165, 1.54) is 4.57 Å². The van der Waals surface area contributed by atoms with Gasteiger partial charge in [0.25, 0.3) is 5.91 Å². The Morgan fingerprint density at radius 3 is 2.91 bits per heavy atom. The SMILES string of the molecule is CN1CC(NC(=O)CCn2c(=O)oc3ccccc32)C(=O)N1. The van der Waals surface area contributed by atoms with Gasteiger partial charge in [-0.05, 0) is 12.1 Å². The van der Waals surface area contributed by atoms with Gasteiger partial charge in [-0.3, -0.25) is 19.6 Å². The lowest BCUT2D eigenvalue weighted by molar-refractivity contribution is -0.127. The molecule has 1 aromatic carbocycles. The minimum Gasteiger partial charge on any atom is -0.408 e. The maximum absolute atomic E-state index is 11.9. The summed E-state index contributed by atoms with van der Waals surface area (Å²) in [7, 11) is 1.72. The number of hydrogen-bond acceptors (Lipinski definition) is 5. The number of aryl methyl sites for hydroxylation is 1. The molecule has 0 spiro atoms. The number of fused-ring (bicyclic) bond motifs is 1. The van der Waals surface area contributed by atoms with Crippen LogP contribution in [-0.2, 0) is 16.1 Å².